The number of halogens is 3. The van der Waals surface area contributed by atoms with Gasteiger partial charge < -0.3 is 0 Å². The fraction of sp³-hybridized carbons (Fsp3) is 0.364. The van der Waals surface area contributed by atoms with E-state index in [2.05, 4.69) is 19.6 Å². The van der Waals surface area contributed by atoms with E-state index in [1.165, 1.54) is 12.1 Å². The van der Waals surface area contributed by atoms with E-state index in [0.29, 0.717) is 0 Å². The van der Waals surface area contributed by atoms with Crippen molar-refractivity contribution in [2.45, 2.75) is 25.1 Å². The summed E-state index contributed by atoms with van der Waals surface area (Å²) in [6, 6.07) is 5.88. The number of sulfonamides is 1. The predicted octanol–water partition coefficient (Wildman–Crippen LogP) is 1.81. The first-order chi connectivity index (χ1) is 8.84. The zero-order valence-electron chi connectivity index (χ0n) is 11.1. The van der Waals surface area contributed by atoms with Crippen LogP contribution in [0.3, 0.4) is 0 Å². The molecule has 0 heterocycles. The highest BCUT2D eigenvalue weighted by molar-refractivity contribution is 7.90. The molecule has 4 nitrogen and oxygen atoms in total. The molecule has 0 radical (unpaired) electrons. The maximum Gasteiger partial charge on any atom is 0.516 e. The molecule has 1 aromatic carbocycles. The summed E-state index contributed by atoms with van der Waals surface area (Å²) < 4.78 is 59.0. The molecule has 1 amide bonds. The number of hydrogen-bond donors (Lipinski definition) is 1. The van der Waals surface area contributed by atoms with Gasteiger partial charge in [0.15, 0.2) is 0 Å². The molecule has 0 unspecified atom stereocenters. The van der Waals surface area contributed by atoms with Gasteiger partial charge in [0.05, 0.1) is 8.07 Å². The van der Waals surface area contributed by atoms with Gasteiger partial charge >= 0.3 is 15.5 Å². The molecule has 0 saturated carbocycles. The molecule has 0 atom stereocenters. The Hall–Kier alpha value is -1.35. The van der Waals surface area contributed by atoms with Crippen LogP contribution >= 0.6 is 0 Å². The van der Waals surface area contributed by atoms with E-state index in [1.54, 1.807) is 12.1 Å². The van der Waals surface area contributed by atoms with E-state index in [-0.39, 0.29) is 5.56 Å². The van der Waals surface area contributed by atoms with Gasteiger partial charge in [-0.2, -0.15) is 21.6 Å². The molecule has 0 aliphatic rings. The van der Waals surface area contributed by atoms with Crippen molar-refractivity contribution in [1.29, 1.82) is 0 Å². The van der Waals surface area contributed by atoms with Gasteiger partial charge in [-0.05, 0) is 12.1 Å². The lowest BCUT2D eigenvalue weighted by molar-refractivity contribution is -0.0446. The van der Waals surface area contributed by atoms with Crippen LogP contribution in [0.1, 0.15) is 10.4 Å². The fourth-order valence-corrected chi connectivity index (χ4v) is 3.00. The maximum atomic E-state index is 12.1. The summed E-state index contributed by atoms with van der Waals surface area (Å²) in [6.45, 7) is 6.20. The zero-order valence-corrected chi connectivity index (χ0v) is 12.9. The molecule has 1 N–H and O–H groups in total. The number of rotatable bonds is 3. The Morgan fingerprint density at radius 3 is 1.90 bits per heavy atom. The van der Waals surface area contributed by atoms with E-state index in [9.17, 15) is 26.4 Å². The van der Waals surface area contributed by atoms with E-state index in [1.807, 2.05) is 0 Å². The highest BCUT2D eigenvalue weighted by Crippen LogP contribution is 2.21. The minimum atomic E-state index is -5.67. The highest BCUT2D eigenvalue weighted by atomic mass is 32.2. The van der Waals surface area contributed by atoms with Gasteiger partial charge in [-0.1, -0.05) is 37.0 Å². The predicted molar refractivity (Wildman–Crippen MR) is 71.9 cm³/mol. The van der Waals surface area contributed by atoms with Crippen molar-refractivity contribution in [3.05, 3.63) is 29.8 Å². The van der Waals surface area contributed by atoms with Crippen LogP contribution in [-0.4, -0.2) is 27.9 Å². The number of amides is 1. The summed E-state index contributed by atoms with van der Waals surface area (Å²) in [6.07, 6.45) is 0. The first-order valence-electron chi connectivity index (χ1n) is 5.58. The number of carbonyl (C=O) groups excluding carboxylic acids is 1. The van der Waals surface area contributed by atoms with E-state index >= 15 is 0 Å². The van der Waals surface area contributed by atoms with Crippen molar-refractivity contribution >= 4 is 29.2 Å². The number of nitrogens with one attached hydrogen (secondary N) is 1. The topological polar surface area (TPSA) is 63.2 Å². The monoisotopic (exact) mass is 325 g/mol. The first kappa shape index (κ1) is 16.7. The molecule has 1 rings (SSSR count). The van der Waals surface area contributed by atoms with Crippen LogP contribution in [0, 0.1) is 0 Å². The molecular formula is C11H14F3NO3SSi. The third-order valence-corrected chi connectivity index (χ3v) is 5.67. The van der Waals surface area contributed by atoms with Crippen molar-refractivity contribution in [1.82, 2.24) is 4.72 Å². The Morgan fingerprint density at radius 1 is 1.10 bits per heavy atom. The third kappa shape index (κ3) is 3.82. The Balaban J connectivity index is 2.96. The van der Waals surface area contributed by atoms with Crippen LogP contribution < -0.4 is 9.91 Å². The molecular weight excluding hydrogens is 311 g/mol. The Bertz CT molecular complexity index is 603. The summed E-state index contributed by atoms with van der Waals surface area (Å²) in [4.78, 5) is 11.5. The van der Waals surface area contributed by atoms with Crippen LogP contribution in [0.5, 0.6) is 0 Å². The smallest absolute Gasteiger partial charge is 0.268 e. The van der Waals surface area contributed by atoms with Crippen molar-refractivity contribution < 1.29 is 26.4 Å². The molecule has 0 bridgehead atoms. The standard InChI is InChI=1S/C11H14F3NO3SSi/c1-20(2,3)9-6-4-8(5-7-9)10(16)15-19(17,18)11(12,13)14/h4-7H,1-3H3,(H,15,16). The summed E-state index contributed by atoms with van der Waals surface area (Å²) in [5.74, 6) is -1.30. The van der Waals surface area contributed by atoms with Gasteiger partial charge in [0.2, 0.25) is 0 Å². The van der Waals surface area contributed by atoms with Crippen molar-refractivity contribution in [2.24, 2.45) is 0 Å². The SMILES string of the molecule is C[Si](C)(C)c1ccc(C(=O)NS(=O)(=O)C(F)(F)F)cc1. The van der Waals surface area contributed by atoms with E-state index in [0.717, 1.165) is 9.91 Å². The highest BCUT2D eigenvalue weighted by Gasteiger charge is 2.47. The number of hydrogen-bond acceptors (Lipinski definition) is 3. The van der Waals surface area contributed by atoms with Crippen LogP contribution in [0.2, 0.25) is 19.6 Å². The minimum absolute atomic E-state index is 0.139. The Kier molecular flexibility index (Phi) is 4.35. The molecule has 0 aliphatic heterocycles. The second-order valence-electron chi connectivity index (χ2n) is 5.21. The Labute approximate surface area is 116 Å². The lowest BCUT2D eigenvalue weighted by Crippen LogP contribution is -2.41. The molecule has 20 heavy (non-hydrogen) atoms. The molecule has 9 heteroatoms. The van der Waals surface area contributed by atoms with Crippen molar-refractivity contribution in [3.63, 3.8) is 0 Å². The third-order valence-electron chi connectivity index (χ3n) is 2.54. The first-order valence-corrected chi connectivity index (χ1v) is 10.6. The second kappa shape index (κ2) is 5.21. The number of alkyl halides is 3. The lowest BCUT2D eigenvalue weighted by atomic mass is 10.2. The number of benzene rings is 1. The van der Waals surface area contributed by atoms with Crippen molar-refractivity contribution in [2.75, 3.05) is 0 Å². The molecule has 0 aliphatic carbocycles. The lowest BCUT2D eigenvalue weighted by Gasteiger charge is -2.16. The quantitative estimate of drug-likeness (QED) is 0.862. The van der Waals surface area contributed by atoms with Gasteiger partial charge in [-0.25, -0.2) is 4.72 Å². The fourth-order valence-electron chi connectivity index (χ4n) is 1.36. The van der Waals surface area contributed by atoms with Gasteiger partial charge in [-0.3, -0.25) is 4.79 Å². The van der Waals surface area contributed by atoms with Gasteiger partial charge in [0, 0.05) is 5.56 Å². The summed E-state index contributed by atoms with van der Waals surface area (Å²) in [5, 5.41) is 1.01. The zero-order chi connectivity index (χ0) is 15.8. The summed E-state index contributed by atoms with van der Waals surface area (Å²) in [5.41, 5.74) is -5.65. The van der Waals surface area contributed by atoms with Gasteiger partial charge in [0.25, 0.3) is 5.91 Å². The van der Waals surface area contributed by atoms with Gasteiger partial charge in [-0.15, -0.1) is 0 Å². The average Bonchev–Trinajstić information content (AvgIpc) is 2.26. The van der Waals surface area contributed by atoms with Crippen LogP contribution in [0.4, 0.5) is 13.2 Å². The van der Waals surface area contributed by atoms with E-state index in [4.69, 9.17) is 0 Å². The van der Waals surface area contributed by atoms with Crippen LogP contribution in [0.25, 0.3) is 0 Å². The minimum Gasteiger partial charge on any atom is -0.268 e. The normalized spacial score (nSPS) is 13.1. The molecule has 0 saturated heterocycles. The van der Waals surface area contributed by atoms with Crippen molar-refractivity contribution in [3.8, 4) is 0 Å². The summed E-state index contributed by atoms with van der Waals surface area (Å²) >= 11 is 0. The Morgan fingerprint density at radius 2 is 1.55 bits per heavy atom. The molecule has 0 fully saturated rings. The molecule has 0 spiro atoms. The molecule has 1 aromatic rings. The summed E-state index contributed by atoms with van der Waals surface area (Å²) in [7, 11) is -7.27. The van der Waals surface area contributed by atoms with E-state index < -0.39 is 29.5 Å². The largest absolute Gasteiger partial charge is 0.516 e. The number of carbonyl (C=O) groups is 1. The second-order valence-corrected chi connectivity index (χ2v) is 12.0. The van der Waals surface area contributed by atoms with Gasteiger partial charge in [0.1, 0.15) is 0 Å². The maximum absolute atomic E-state index is 12.1. The molecule has 112 valence electrons. The average molecular weight is 325 g/mol. The molecule has 0 aromatic heterocycles. The van der Waals surface area contributed by atoms with Crippen LogP contribution in [-0.2, 0) is 10.0 Å². The van der Waals surface area contributed by atoms with Crippen LogP contribution in [0.15, 0.2) is 24.3 Å².